The summed E-state index contributed by atoms with van der Waals surface area (Å²) in [6, 6.07) is 2.13. The number of hydrogen-bond donors (Lipinski definition) is 0. The largest absolute Gasteiger partial charge is 0.425 e. The number of nitrogens with zero attached hydrogens (tertiary/aromatic N) is 6. The van der Waals surface area contributed by atoms with E-state index in [1.807, 2.05) is 46.5 Å². The molecule has 3 heterocycles. The van der Waals surface area contributed by atoms with Gasteiger partial charge in [-0.2, -0.15) is 5.10 Å². The van der Waals surface area contributed by atoms with Crippen molar-refractivity contribution in [3.63, 3.8) is 0 Å². The van der Waals surface area contributed by atoms with Crippen LogP contribution in [-0.4, -0.2) is 37.9 Å². The van der Waals surface area contributed by atoms with Gasteiger partial charge in [0.2, 0.25) is 23.6 Å². The second kappa shape index (κ2) is 10.8. The summed E-state index contributed by atoms with van der Waals surface area (Å²) in [7, 11) is 3.79. The van der Waals surface area contributed by atoms with Crippen molar-refractivity contribution >= 4 is 5.90 Å². The average Bonchev–Trinajstić information content (AvgIpc) is 3.30. The average molecular weight is 405 g/mol. The van der Waals surface area contributed by atoms with Crippen LogP contribution in [0.25, 0.3) is 0 Å². The first-order valence-corrected chi connectivity index (χ1v) is 9.91. The maximum Gasteiger partial charge on any atom is 0.219 e. The summed E-state index contributed by atoms with van der Waals surface area (Å²) in [5.74, 6) is 3.91. The highest BCUT2D eigenvalue weighted by Crippen LogP contribution is 2.15. The third-order valence-corrected chi connectivity index (χ3v) is 4.09. The van der Waals surface area contributed by atoms with Crippen molar-refractivity contribution in [2.75, 3.05) is 7.05 Å². The topological polar surface area (TPSA) is 81.6 Å². The molecule has 3 rings (SSSR count). The quantitative estimate of drug-likeness (QED) is 0.735. The summed E-state index contributed by atoms with van der Waals surface area (Å²) in [5, 5.41) is 17.6. The molecule has 2 aromatic heterocycles. The lowest BCUT2D eigenvalue weighted by molar-refractivity contribution is 0.301. The fourth-order valence-corrected chi connectivity index (χ4v) is 2.06. The number of aromatic nitrogens is 4. The Morgan fingerprint density at radius 2 is 1.55 bits per heavy atom. The Labute approximate surface area is 174 Å². The molecule has 8 nitrogen and oxygen atoms in total. The minimum atomic E-state index is 0.335. The molecular weight excluding hydrogens is 368 g/mol. The van der Waals surface area contributed by atoms with Gasteiger partial charge in [0.05, 0.1) is 5.69 Å². The summed E-state index contributed by atoms with van der Waals surface area (Å²) in [5.41, 5.74) is 2.41. The Morgan fingerprint density at radius 3 is 1.76 bits per heavy atom. The summed E-state index contributed by atoms with van der Waals surface area (Å²) >= 11 is 0. The normalized spacial score (nSPS) is 13.2. The molecule has 29 heavy (non-hydrogen) atoms. The van der Waals surface area contributed by atoms with Crippen molar-refractivity contribution < 1.29 is 9.15 Å². The van der Waals surface area contributed by atoms with E-state index in [4.69, 9.17) is 9.15 Å². The predicted molar refractivity (Wildman–Crippen MR) is 115 cm³/mol. The number of hydrogen-bond acceptors (Lipinski definition) is 7. The molecular formula is C21H36N6O2. The molecule has 8 heteroatoms. The third kappa shape index (κ3) is 7.71. The molecule has 1 aliphatic rings. The number of aryl methyl sites for hydroxylation is 3. The molecule has 0 spiro atoms. The molecule has 0 bridgehead atoms. The van der Waals surface area contributed by atoms with E-state index in [1.54, 1.807) is 11.9 Å². The minimum absolute atomic E-state index is 0.335. The van der Waals surface area contributed by atoms with Gasteiger partial charge in [-0.25, -0.2) is 5.01 Å². The van der Waals surface area contributed by atoms with Crippen molar-refractivity contribution in [2.24, 2.45) is 18.1 Å². The van der Waals surface area contributed by atoms with Gasteiger partial charge in [-0.3, -0.25) is 4.68 Å². The van der Waals surface area contributed by atoms with Crippen LogP contribution in [-0.2, 0) is 11.8 Å². The molecule has 2 aromatic rings. The van der Waals surface area contributed by atoms with E-state index >= 15 is 0 Å². The lowest BCUT2D eigenvalue weighted by Crippen LogP contribution is -2.05. The highest BCUT2D eigenvalue weighted by molar-refractivity contribution is 5.80. The Morgan fingerprint density at radius 1 is 0.931 bits per heavy atom. The Hall–Kier alpha value is -2.64. The van der Waals surface area contributed by atoms with Gasteiger partial charge in [0.1, 0.15) is 0 Å². The van der Waals surface area contributed by atoms with E-state index in [9.17, 15) is 0 Å². The molecule has 0 radical (unpaired) electrons. The zero-order valence-corrected chi connectivity index (χ0v) is 19.5. The second-order valence-corrected chi connectivity index (χ2v) is 7.92. The molecule has 0 aliphatic carbocycles. The zero-order chi connectivity index (χ0) is 22.3. The van der Waals surface area contributed by atoms with Crippen LogP contribution in [0.5, 0.6) is 0 Å². The number of rotatable bonds is 3. The van der Waals surface area contributed by atoms with Crippen molar-refractivity contribution in [3.05, 3.63) is 41.7 Å². The SMILES string of the molecule is C=C1OC(C(C)C)=NN1C.Cc1cc(C(C)C)nn1C.Cc1nnc(C(C)C)o1. The highest BCUT2D eigenvalue weighted by atomic mass is 16.5. The highest BCUT2D eigenvalue weighted by Gasteiger charge is 2.18. The maximum atomic E-state index is 5.22. The number of ether oxygens (including phenoxy) is 1. The maximum absolute atomic E-state index is 5.22. The van der Waals surface area contributed by atoms with Crippen molar-refractivity contribution in [1.29, 1.82) is 0 Å². The van der Waals surface area contributed by atoms with E-state index in [1.165, 1.54) is 11.4 Å². The van der Waals surface area contributed by atoms with Gasteiger partial charge in [0.15, 0.2) is 0 Å². The van der Waals surface area contributed by atoms with E-state index in [2.05, 4.69) is 53.8 Å². The van der Waals surface area contributed by atoms with E-state index in [0.717, 1.165) is 5.90 Å². The van der Waals surface area contributed by atoms with Crippen molar-refractivity contribution in [3.8, 4) is 0 Å². The summed E-state index contributed by atoms with van der Waals surface area (Å²) in [6.07, 6.45) is 0. The molecule has 0 atom stereocenters. The van der Waals surface area contributed by atoms with Crippen LogP contribution < -0.4 is 0 Å². The first kappa shape index (κ1) is 24.4. The molecule has 0 saturated carbocycles. The summed E-state index contributed by atoms with van der Waals surface area (Å²) < 4.78 is 12.3. The van der Waals surface area contributed by atoms with Crippen LogP contribution in [0.3, 0.4) is 0 Å². The lowest BCUT2D eigenvalue weighted by atomic mass is 10.1. The molecule has 0 N–H and O–H groups in total. The molecule has 0 saturated heterocycles. The first-order valence-electron chi connectivity index (χ1n) is 9.91. The molecule has 162 valence electrons. The Kier molecular flexibility index (Phi) is 9.07. The summed E-state index contributed by atoms with van der Waals surface area (Å²) in [4.78, 5) is 0. The molecule has 0 unspecified atom stereocenters. The van der Waals surface area contributed by atoms with Crippen LogP contribution in [0.15, 0.2) is 28.0 Å². The van der Waals surface area contributed by atoms with Gasteiger partial charge in [-0.1, -0.05) is 41.5 Å². The molecule has 0 fully saturated rings. The standard InChI is InChI=1S/C8H14N2.C7H12N2O.C6H10N2O/c1-6(2)8-5-7(3)10(4)9-8;1-5(2)7-8-9(4)6(3)10-7;1-4(2)6-8-7-5(3)9-6/h5-6H,1-4H3;5H,3H2,1-2,4H3;4H,1-3H3. The number of hydrazone groups is 1. The molecule has 0 aromatic carbocycles. The third-order valence-electron chi connectivity index (χ3n) is 4.09. The fraction of sp³-hybridized carbons (Fsp3) is 0.619. The van der Waals surface area contributed by atoms with Crippen LogP contribution in [0.2, 0.25) is 0 Å². The Bertz CT molecular complexity index is 798. The van der Waals surface area contributed by atoms with Crippen LogP contribution in [0.1, 0.15) is 76.5 Å². The van der Waals surface area contributed by atoms with Crippen molar-refractivity contribution in [2.45, 2.75) is 67.2 Å². The van der Waals surface area contributed by atoms with Gasteiger partial charge in [-0.15, -0.1) is 15.3 Å². The van der Waals surface area contributed by atoms with E-state index < -0.39 is 0 Å². The fourth-order valence-electron chi connectivity index (χ4n) is 2.06. The first-order chi connectivity index (χ1) is 13.4. The van der Waals surface area contributed by atoms with Gasteiger partial charge in [0, 0.05) is 38.5 Å². The van der Waals surface area contributed by atoms with Crippen molar-refractivity contribution in [1.82, 2.24) is 25.0 Å². The van der Waals surface area contributed by atoms with Crippen LogP contribution in [0, 0.1) is 19.8 Å². The predicted octanol–water partition coefficient (Wildman–Crippen LogP) is 4.74. The second-order valence-electron chi connectivity index (χ2n) is 7.92. The minimum Gasteiger partial charge on any atom is -0.425 e. The smallest absolute Gasteiger partial charge is 0.219 e. The monoisotopic (exact) mass is 404 g/mol. The van der Waals surface area contributed by atoms with Gasteiger partial charge in [-0.05, 0) is 25.5 Å². The van der Waals surface area contributed by atoms with E-state index in [-0.39, 0.29) is 0 Å². The van der Waals surface area contributed by atoms with Gasteiger partial charge in [0.25, 0.3) is 0 Å². The van der Waals surface area contributed by atoms with Gasteiger partial charge >= 0.3 is 0 Å². The van der Waals surface area contributed by atoms with E-state index in [0.29, 0.717) is 35.4 Å². The molecule has 1 aliphatic heterocycles. The van der Waals surface area contributed by atoms with Crippen LogP contribution >= 0.6 is 0 Å². The Balaban J connectivity index is 0.000000218. The van der Waals surface area contributed by atoms with Gasteiger partial charge < -0.3 is 9.15 Å². The lowest BCUT2D eigenvalue weighted by Gasteiger charge is -2.03. The zero-order valence-electron chi connectivity index (χ0n) is 19.5. The summed E-state index contributed by atoms with van der Waals surface area (Å²) in [6.45, 7) is 19.9. The van der Waals surface area contributed by atoms with Crippen LogP contribution in [0.4, 0.5) is 0 Å². The molecule has 0 amide bonds.